The summed E-state index contributed by atoms with van der Waals surface area (Å²) < 4.78 is 6.00. The van der Waals surface area contributed by atoms with Gasteiger partial charge in [-0.25, -0.2) is 4.79 Å². The van der Waals surface area contributed by atoms with Crippen molar-refractivity contribution in [2.24, 2.45) is 0 Å². The van der Waals surface area contributed by atoms with E-state index in [2.05, 4.69) is 27.9 Å². The smallest absolute Gasteiger partial charge is 0.407 e. The summed E-state index contributed by atoms with van der Waals surface area (Å²) in [5.74, 6) is 0. The fraction of sp³-hybridized carbons (Fsp3) is 0.300. The maximum Gasteiger partial charge on any atom is 0.407 e. The van der Waals surface area contributed by atoms with Crippen LogP contribution in [0.15, 0.2) is 24.3 Å². The molecule has 1 aromatic carbocycles. The van der Waals surface area contributed by atoms with E-state index in [0.29, 0.717) is 6.61 Å². The Hall–Kier alpha value is -0.490. The number of cyclic esters (lactones) is 1. The number of amides is 1. The van der Waals surface area contributed by atoms with Crippen LogP contribution in [-0.4, -0.2) is 12.7 Å². The lowest BCUT2D eigenvalue weighted by molar-refractivity contribution is 0.115. The van der Waals surface area contributed by atoms with E-state index in [0.717, 1.165) is 12.0 Å². The van der Waals surface area contributed by atoms with Gasteiger partial charge in [-0.15, -0.1) is 12.4 Å². The molecule has 1 heterocycles. The van der Waals surface area contributed by atoms with Crippen molar-refractivity contribution in [2.45, 2.75) is 12.5 Å². The minimum Gasteiger partial charge on any atom is -0.449 e. The fourth-order valence-electron chi connectivity index (χ4n) is 1.47. The largest absolute Gasteiger partial charge is 0.449 e. The molecule has 0 aliphatic carbocycles. The quantitative estimate of drug-likeness (QED) is 0.799. The van der Waals surface area contributed by atoms with Crippen LogP contribution >= 0.6 is 35.0 Å². The first-order chi connectivity index (χ1) is 6.75. The van der Waals surface area contributed by atoms with Gasteiger partial charge in [-0.05, 0) is 40.3 Å². The van der Waals surface area contributed by atoms with Crippen LogP contribution < -0.4 is 5.32 Å². The molecular weight excluding hydrogens is 328 g/mol. The molecule has 3 nitrogen and oxygen atoms in total. The number of nitrogens with one attached hydrogen (secondary N) is 1. The Kier molecular flexibility index (Phi) is 4.66. The molecule has 15 heavy (non-hydrogen) atoms. The van der Waals surface area contributed by atoms with E-state index in [1.165, 1.54) is 3.57 Å². The lowest BCUT2D eigenvalue weighted by atomic mass is 10.0. The third kappa shape index (κ3) is 3.24. The molecule has 1 aliphatic heterocycles. The summed E-state index contributed by atoms with van der Waals surface area (Å²) in [7, 11) is 0. The first kappa shape index (κ1) is 12.6. The van der Waals surface area contributed by atoms with E-state index < -0.39 is 0 Å². The lowest BCUT2D eigenvalue weighted by Gasteiger charge is -2.23. The number of hydrogen-bond acceptors (Lipinski definition) is 2. The third-order valence-electron chi connectivity index (χ3n) is 2.20. The summed E-state index contributed by atoms with van der Waals surface area (Å²) >= 11 is 2.26. The molecule has 82 valence electrons. The average molecular weight is 340 g/mol. The van der Waals surface area contributed by atoms with Gasteiger partial charge in [0.1, 0.15) is 0 Å². The van der Waals surface area contributed by atoms with Crippen LogP contribution in [0.3, 0.4) is 0 Å². The number of hydrogen-bond donors (Lipinski definition) is 1. The van der Waals surface area contributed by atoms with Gasteiger partial charge in [0.15, 0.2) is 0 Å². The number of alkyl carbamates (subject to hydrolysis) is 1. The molecule has 2 rings (SSSR count). The van der Waals surface area contributed by atoms with Crippen molar-refractivity contribution in [1.82, 2.24) is 5.32 Å². The molecule has 0 spiro atoms. The Morgan fingerprint density at radius 1 is 1.33 bits per heavy atom. The highest BCUT2D eigenvalue weighted by Crippen LogP contribution is 2.20. The second kappa shape index (κ2) is 5.55. The summed E-state index contributed by atoms with van der Waals surface area (Å²) in [6, 6.07) is 8.26. The predicted octanol–water partition coefficient (Wildman–Crippen LogP) is 2.88. The van der Waals surface area contributed by atoms with E-state index in [1.807, 2.05) is 24.3 Å². The zero-order chi connectivity index (χ0) is 9.97. The Labute approximate surface area is 108 Å². The summed E-state index contributed by atoms with van der Waals surface area (Å²) in [4.78, 5) is 11.0. The van der Waals surface area contributed by atoms with E-state index in [4.69, 9.17) is 4.74 Å². The van der Waals surface area contributed by atoms with Crippen LogP contribution in [0.5, 0.6) is 0 Å². The van der Waals surface area contributed by atoms with Gasteiger partial charge in [-0.2, -0.15) is 0 Å². The second-order valence-corrected chi connectivity index (χ2v) is 4.42. The molecule has 1 atom stereocenters. The van der Waals surface area contributed by atoms with Gasteiger partial charge >= 0.3 is 6.09 Å². The number of carbonyl (C=O) groups is 1. The molecule has 5 heteroatoms. The van der Waals surface area contributed by atoms with Gasteiger partial charge in [-0.3, -0.25) is 0 Å². The molecule has 1 saturated heterocycles. The molecule has 0 radical (unpaired) electrons. The van der Waals surface area contributed by atoms with Crippen molar-refractivity contribution >= 4 is 41.1 Å². The highest BCUT2D eigenvalue weighted by Gasteiger charge is 2.20. The summed E-state index contributed by atoms with van der Waals surface area (Å²) in [6.45, 7) is 0.502. The zero-order valence-electron chi connectivity index (χ0n) is 7.90. The van der Waals surface area contributed by atoms with Gasteiger partial charge in [-0.1, -0.05) is 12.1 Å². The van der Waals surface area contributed by atoms with Gasteiger partial charge in [0, 0.05) is 9.99 Å². The standard InChI is InChI=1S/C10H10INO2.ClH/c11-8-3-1-7(2-4-8)9-5-6-14-10(13)12-9;/h1-4,9H,5-6H2,(H,12,13);1H/t9-;/m0./s1. The molecule has 1 fully saturated rings. The van der Waals surface area contributed by atoms with Crippen LogP contribution in [0.25, 0.3) is 0 Å². The first-order valence-electron chi connectivity index (χ1n) is 4.44. The molecule has 0 aromatic heterocycles. The Morgan fingerprint density at radius 2 is 2.00 bits per heavy atom. The minimum absolute atomic E-state index is 0. The number of benzene rings is 1. The number of carbonyl (C=O) groups excluding carboxylic acids is 1. The van der Waals surface area contributed by atoms with Crippen molar-refractivity contribution in [3.05, 3.63) is 33.4 Å². The van der Waals surface area contributed by atoms with Gasteiger partial charge < -0.3 is 10.1 Å². The van der Waals surface area contributed by atoms with Crippen molar-refractivity contribution in [3.8, 4) is 0 Å². The molecule has 1 aromatic rings. The predicted molar refractivity (Wildman–Crippen MR) is 68.2 cm³/mol. The second-order valence-electron chi connectivity index (χ2n) is 3.17. The molecular formula is C10H11ClINO2. The molecule has 1 aliphatic rings. The van der Waals surface area contributed by atoms with E-state index in [9.17, 15) is 4.79 Å². The number of halogens is 2. The highest BCUT2D eigenvalue weighted by atomic mass is 127. The van der Waals surface area contributed by atoms with E-state index in [1.54, 1.807) is 0 Å². The summed E-state index contributed by atoms with van der Waals surface area (Å²) in [5.41, 5.74) is 1.14. The maximum atomic E-state index is 11.0. The van der Waals surface area contributed by atoms with Crippen LogP contribution in [0.2, 0.25) is 0 Å². The molecule has 0 bridgehead atoms. The Bertz CT molecular complexity index is 342. The first-order valence-corrected chi connectivity index (χ1v) is 5.52. The minimum atomic E-state index is -0.320. The van der Waals surface area contributed by atoms with Crippen LogP contribution in [0.1, 0.15) is 18.0 Å². The van der Waals surface area contributed by atoms with Gasteiger partial charge in [0.2, 0.25) is 0 Å². The van der Waals surface area contributed by atoms with Gasteiger partial charge in [0.05, 0.1) is 12.6 Å². The fourth-order valence-corrected chi connectivity index (χ4v) is 1.83. The molecule has 0 unspecified atom stereocenters. The molecule has 1 N–H and O–H groups in total. The Balaban J connectivity index is 0.00000112. The monoisotopic (exact) mass is 339 g/mol. The summed E-state index contributed by atoms with van der Waals surface area (Å²) in [6.07, 6.45) is 0.520. The van der Waals surface area contributed by atoms with Crippen molar-refractivity contribution < 1.29 is 9.53 Å². The molecule has 1 amide bonds. The normalized spacial score (nSPS) is 19.8. The SMILES string of the molecule is Cl.O=C1N[C@H](c2ccc(I)cc2)CCO1. The zero-order valence-corrected chi connectivity index (χ0v) is 10.9. The third-order valence-corrected chi connectivity index (χ3v) is 2.92. The number of ether oxygens (including phenoxy) is 1. The van der Waals surface area contributed by atoms with E-state index in [-0.39, 0.29) is 24.5 Å². The van der Waals surface area contributed by atoms with Crippen molar-refractivity contribution in [3.63, 3.8) is 0 Å². The van der Waals surface area contributed by atoms with Gasteiger partial charge in [0.25, 0.3) is 0 Å². The topological polar surface area (TPSA) is 38.3 Å². The maximum absolute atomic E-state index is 11.0. The van der Waals surface area contributed by atoms with Crippen LogP contribution in [-0.2, 0) is 4.74 Å². The Morgan fingerprint density at radius 3 is 2.60 bits per heavy atom. The highest BCUT2D eigenvalue weighted by molar-refractivity contribution is 14.1. The summed E-state index contributed by atoms with van der Waals surface area (Å²) in [5, 5.41) is 2.79. The lowest BCUT2D eigenvalue weighted by Crippen LogP contribution is -2.35. The average Bonchev–Trinajstić information content (AvgIpc) is 2.19. The van der Waals surface area contributed by atoms with E-state index >= 15 is 0 Å². The van der Waals surface area contributed by atoms with Crippen molar-refractivity contribution in [2.75, 3.05) is 6.61 Å². The van der Waals surface area contributed by atoms with Crippen molar-refractivity contribution in [1.29, 1.82) is 0 Å². The van der Waals surface area contributed by atoms with Crippen LogP contribution in [0.4, 0.5) is 4.79 Å². The number of rotatable bonds is 1. The van der Waals surface area contributed by atoms with Crippen LogP contribution in [0, 0.1) is 3.57 Å². The molecule has 0 saturated carbocycles.